The smallest absolute Gasteiger partial charge is 0.224 e. The van der Waals surface area contributed by atoms with Gasteiger partial charge in [0.1, 0.15) is 11.6 Å². The highest BCUT2D eigenvalue weighted by Gasteiger charge is 2.24. The molecular weight excluding hydrogens is 314 g/mol. The lowest BCUT2D eigenvalue weighted by Gasteiger charge is -2.32. The summed E-state index contributed by atoms with van der Waals surface area (Å²) in [5, 5.41) is 0. The summed E-state index contributed by atoms with van der Waals surface area (Å²) in [7, 11) is 0. The number of hydrogen-bond donors (Lipinski definition) is 0. The number of likely N-dealkylation sites (tertiary alicyclic amines) is 1. The molecule has 0 aliphatic carbocycles. The number of hydrogen-bond acceptors (Lipinski definition) is 3. The summed E-state index contributed by atoms with van der Waals surface area (Å²) in [6.45, 7) is 7.07. The van der Waals surface area contributed by atoms with Crippen LogP contribution in [0.5, 0.6) is 5.75 Å². The zero-order valence-corrected chi connectivity index (χ0v) is 15.1. The molecule has 2 aromatic rings. The maximum absolute atomic E-state index is 12.5. The predicted molar refractivity (Wildman–Crippen MR) is 97.6 cm³/mol. The number of nitrogens with zero attached hydrogens (tertiary/aromatic N) is 3. The van der Waals surface area contributed by atoms with Crippen molar-refractivity contribution < 1.29 is 9.53 Å². The van der Waals surface area contributed by atoms with Crippen molar-refractivity contribution in [2.24, 2.45) is 5.92 Å². The van der Waals surface area contributed by atoms with Crippen molar-refractivity contribution in [3.8, 4) is 5.75 Å². The van der Waals surface area contributed by atoms with E-state index in [-0.39, 0.29) is 5.91 Å². The van der Waals surface area contributed by atoms with Gasteiger partial charge in [-0.2, -0.15) is 0 Å². The number of carbonyl (C=O) groups excluding carboxylic acids is 1. The van der Waals surface area contributed by atoms with Crippen molar-refractivity contribution in [2.45, 2.75) is 39.7 Å². The van der Waals surface area contributed by atoms with Gasteiger partial charge in [-0.25, -0.2) is 4.98 Å². The Morgan fingerprint density at radius 2 is 2.24 bits per heavy atom. The van der Waals surface area contributed by atoms with E-state index in [1.54, 1.807) is 6.20 Å². The van der Waals surface area contributed by atoms with Gasteiger partial charge in [-0.05, 0) is 44.4 Å². The predicted octanol–water partition coefficient (Wildman–Crippen LogP) is 3.21. The van der Waals surface area contributed by atoms with E-state index in [2.05, 4.69) is 24.0 Å². The van der Waals surface area contributed by atoms with E-state index in [4.69, 9.17) is 4.74 Å². The zero-order chi connectivity index (χ0) is 17.6. The van der Waals surface area contributed by atoms with Crippen molar-refractivity contribution in [2.75, 3.05) is 19.7 Å². The first-order valence-electron chi connectivity index (χ1n) is 9.07. The molecule has 134 valence electrons. The third-order valence-electron chi connectivity index (χ3n) is 4.84. The lowest BCUT2D eigenvalue weighted by atomic mass is 9.98. The van der Waals surface area contributed by atoms with Crippen LogP contribution < -0.4 is 4.74 Å². The van der Waals surface area contributed by atoms with E-state index >= 15 is 0 Å². The molecule has 0 N–H and O–H groups in total. The van der Waals surface area contributed by atoms with Crippen molar-refractivity contribution in [3.05, 3.63) is 48.0 Å². The van der Waals surface area contributed by atoms with Gasteiger partial charge in [-0.1, -0.05) is 12.1 Å². The van der Waals surface area contributed by atoms with Gasteiger partial charge in [0.2, 0.25) is 5.91 Å². The second-order valence-corrected chi connectivity index (χ2v) is 6.89. The SMILES string of the molecule is Cc1cccc(OC[C@@H]2CCCN(C(=O)CCn3ccnc3C)C2)c1. The van der Waals surface area contributed by atoms with Gasteiger partial charge in [0.15, 0.2) is 0 Å². The molecule has 1 aliphatic heterocycles. The molecule has 1 aromatic carbocycles. The number of piperidine rings is 1. The van der Waals surface area contributed by atoms with Crippen LogP contribution in [0, 0.1) is 19.8 Å². The summed E-state index contributed by atoms with van der Waals surface area (Å²) in [4.78, 5) is 18.7. The van der Waals surface area contributed by atoms with Crippen molar-refractivity contribution in [1.29, 1.82) is 0 Å². The Bertz CT molecular complexity index is 710. The molecular formula is C20H27N3O2. The van der Waals surface area contributed by atoms with Gasteiger partial charge in [0, 0.05) is 44.4 Å². The van der Waals surface area contributed by atoms with E-state index in [0.29, 0.717) is 25.5 Å². The summed E-state index contributed by atoms with van der Waals surface area (Å²) in [6.07, 6.45) is 6.41. The first-order valence-corrected chi connectivity index (χ1v) is 9.07. The maximum Gasteiger partial charge on any atom is 0.224 e. The fraction of sp³-hybridized carbons (Fsp3) is 0.500. The van der Waals surface area contributed by atoms with Crippen LogP contribution in [0.1, 0.15) is 30.7 Å². The molecule has 5 heteroatoms. The Balaban J connectivity index is 1.47. The second-order valence-electron chi connectivity index (χ2n) is 6.89. The minimum Gasteiger partial charge on any atom is -0.493 e. The number of carbonyl (C=O) groups is 1. The molecule has 1 aromatic heterocycles. The Kier molecular flexibility index (Phi) is 5.74. The number of rotatable bonds is 6. The van der Waals surface area contributed by atoms with Crippen LogP contribution >= 0.6 is 0 Å². The van der Waals surface area contributed by atoms with Gasteiger partial charge in [-0.15, -0.1) is 0 Å². The quantitative estimate of drug-likeness (QED) is 0.810. The minimum absolute atomic E-state index is 0.230. The van der Waals surface area contributed by atoms with Crippen LogP contribution in [0.15, 0.2) is 36.7 Å². The topological polar surface area (TPSA) is 47.4 Å². The van der Waals surface area contributed by atoms with Crippen LogP contribution in [-0.2, 0) is 11.3 Å². The summed E-state index contributed by atoms with van der Waals surface area (Å²) in [6, 6.07) is 8.13. The van der Waals surface area contributed by atoms with Gasteiger partial charge >= 0.3 is 0 Å². The number of amides is 1. The molecule has 2 heterocycles. The zero-order valence-electron chi connectivity index (χ0n) is 15.1. The van der Waals surface area contributed by atoms with E-state index in [1.165, 1.54) is 5.56 Å². The Hall–Kier alpha value is -2.30. The molecule has 0 bridgehead atoms. The van der Waals surface area contributed by atoms with Crippen LogP contribution in [-0.4, -0.2) is 40.1 Å². The highest BCUT2D eigenvalue weighted by Crippen LogP contribution is 2.20. The summed E-state index contributed by atoms with van der Waals surface area (Å²) in [5.74, 6) is 2.51. The fourth-order valence-corrected chi connectivity index (χ4v) is 3.36. The van der Waals surface area contributed by atoms with Crippen LogP contribution in [0.4, 0.5) is 0 Å². The average molecular weight is 341 g/mol. The fourth-order valence-electron chi connectivity index (χ4n) is 3.36. The largest absolute Gasteiger partial charge is 0.493 e. The van der Waals surface area contributed by atoms with Crippen LogP contribution in [0.25, 0.3) is 0 Å². The number of ether oxygens (including phenoxy) is 1. The first-order chi connectivity index (χ1) is 12.1. The number of benzene rings is 1. The van der Waals surface area contributed by atoms with Gasteiger partial charge in [0.25, 0.3) is 0 Å². The Labute approximate surface area is 149 Å². The highest BCUT2D eigenvalue weighted by atomic mass is 16.5. The third-order valence-corrected chi connectivity index (χ3v) is 4.84. The van der Waals surface area contributed by atoms with E-state index < -0.39 is 0 Å². The number of imidazole rings is 1. The average Bonchev–Trinajstić information content (AvgIpc) is 3.03. The monoisotopic (exact) mass is 341 g/mol. The van der Waals surface area contributed by atoms with Crippen LogP contribution in [0.2, 0.25) is 0 Å². The molecule has 1 atom stereocenters. The van der Waals surface area contributed by atoms with Crippen molar-refractivity contribution in [3.63, 3.8) is 0 Å². The van der Waals surface area contributed by atoms with Crippen molar-refractivity contribution in [1.82, 2.24) is 14.5 Å². The van der Waals surface area contributed by atoms with Crippen molar-refractivity contribution >= 4 is 5.91 Å². The van der Waals surface area contributed by atoms with E-state index in [0.717, 1.165) is 37.5 Å². The second kappa shape index (κ2) is 8.19. The molecule has 3 rings (SSSR count). The molecule has 1 fully saturated rings. The Morgan fingerprint density at radius 3 is 3.00 bits per heavy atom. The highest BCUT2D eigenvalue weighted by molar-refractivity contribution is 5.76. The van der Waals surface area contributed by atoms with E-state index in [1.807, 2.05) is 34.7 Å². The van der Waals surface area contributed by atoms with Crippen LogP contribution in [0.3, 0.4) is 0 Å². The van der Waals surface area contributed by atoms with Gasteiger partial charge < -0.3 is 14.2 Å². The molecule has 0 spiro atoms. The maximum atomic E-state index is 12.5. The van der Waals surface area contributed by atoms with Gasteiger partial charge in [-0.3, -0.25) is 4.79 Å². The molecule has 1 aliphatic rings. The number of aromatic nitrogens is 2. The number of aryl methyl sites for hydroxylation is 3. The standard InChI is InChI=1S/C20H27N3O2/c1-16-5-3-7-19(13-16)25-15-18-6-4-10-23(14-18)20(24)8-11-22-12-9-21-17(22)2/h3,5,7,9,12-13,18H,4,6,8,10-11,14-15H2,1-2H3/t18-/m1/s1. The summed E-state index contributed by atoms with van der Waals surface area (Å²) in [5.41, 5.74) is 1.20. The Morgan fingerprint density at radius 1 is 1.36 bits per heavy atom. The van der Waals surface area contributed by atoms with Gasteiger partial charge in [0.05, 0.1) is 6.61 Å². The molecule has 1 saturated heterocycles. The minimum atomic E-state index is 0.230. The molecule has 0 saturated carbocycles. The summed E-state index contributed by atoms with van der Waals surface area (Å²) >= 11 is 0. The van der Waals surface area contributed by atoms with E-state index in [9.17, 15) is 4.79 Å². The molecule has 0 radical (unpaired) electrons. The molecule has 1 amide bonds. The molecule has 5 nitrogen and oxygen atoms in total. The first kappa shape index (κ1) is 17.5. The molecule has 0 unspecified atom stereocenters. The summed E-state index contributed by atoms with van der Waals surface area (Å²) < 4.78 is 7.97. The molecule has 25 heavy (non-hydrogen) atoms. The third kappa shape index (κ3) is 4.84. The lowest BCUT2D eigenvalue weighted by Crippen LogP contribution is -2.41. The lowest BCUT2D eigenvalue weighted by molar-refractivity contribution is -0.133. The normalized spacial score (nSPS) is 17.5.